The van der Waals surface area contributed by atoms with Crippen LogP contribution in [0.3, 0.4) is 0 Å². The van der Waals surface area contributed by atoms with E-state index in [1.54, 1.807) is 6.07 Å². The number of nitrogens with one attached hydrogen (secondary N) is 2. The van der Waals surface area contributed by atoms with Crippen molar-refractivity contribution in [3.63, 3.8) is 0 Å². The number of para-hydroxylation sites is 2. The Bertz CT molecular complexity index is 577. The number of aromatic amines is 1. The molecule has 1 aromatic carbocycles. The van der Waals surface area contributed by atoms with Crippen LogP contribution in [-0.4, -0.2) is 9.97 Å². The van der Waals surface area contributed by atoms with E-state index in [4.69, 9.17) is 4.74 Å². The Labute approximate surface area is 84.7 Å². The summed E-state index contributed by atoms with van der Waals surface area (Å²) < 4.78 is 5.44. The van der Waals surface area contributed by atoms with Gasteiger partial charge in [-0.3, -0.25) is 4.79 Å². The fourth-order valence-corrected chi connectivity index (χ4v) is 1.47. The van der Waals surface area contributed by atoms with Gasteiger partial charge in [-0.05, 0) is 12.1 Å². The molecule has 15 heavy (non-hydrogen) atoms. The zero-order chi connectivity index (χ0) is 10.3. The highest BCUT2D eigenvalue weighted by molar-refractivity contribution is 5.71. The summed E-state index contributed by atoms with van der Waals surface area (Å²) in [4.78, 5) is 17.9. The van der Waals surface area contributed by atoms with Crippen molar-refractivity contribution in [2.75, 3.05) is 5.32 Å². The monoisotopic (exact) mass is 201 g/mol. The van der Waals surface area contributed by atoms with Crippen molar-refractivity contribution in [3.05, 3.63) is 40.9 Å². The van der Waals surface area contributed by atoms with Gasteiger partial charge in [-0.15, -0.1) is 0 Å². The summed E-state index contributed by atoms with van der Waals surface area (Å²) in [6, 6.07) is 7.38. The third kappa shape index (κ3) is 1.17. The third-order valence-corrected chi connectivity index (χ3v) is 2.16. The molecular formula is C10H7N3O2. The summed E-state index contributed by atoms with van der Waals surface area (Å²) in [5.41, 5.74) is 0.519. The van der Waals surface area contributed by atoms with E-state index in [9.17, 15) is 4.79 Å². The van der Waals surface area contributed by atoms with Crippen LogP contribution >= 0.6 is 0 Å². The molecule has 1 aliphatic heterocycles. The Morgan fingerprint density at radius 1 is 1.27 bits per heavy atom. The maximum atomic E-state index is 11.4. The van der Waals surface area contributed by atoms with Gasteiger partial charge in [0.1, 0.15) is 0 Å². The summed E-state index contributed by atoms with van der Waals surface area (Å²) in [5, 5.41) is 3.03. The molecule has 2 heterocycles. The summed E-state index contributed by atoms with van der Waals surface area (Å²) in [6.45, 7) is 0. The van der Waals surface area contributed by atoms with Gasteiger partial charge in [-0.25, -0.2) is 4.98 Å². The molecule has 0 saturated carbocycles. The molecule has 0 aliphatic carbocycles. The van der Waals surface area contributed by atoms with E-state index in [0.29, 0.717) is 11.6 Å². The van der Waals surface area contributed by atoms with Gasteiger partial charge in [-0.2, -0.15) is 0 Å². The average molecular weight is 201 g/mol. The van der Waals surface area contributed by atoms with Gasteiger partial charge in [0.25, 0.3) is 5.56 Å². The quantitative estimate of drug-likeness (QED) is 0.580. The first-order chi connectivity index (χ1) is 7.34. The van der Waals surface area contributed by atoms with Gasteiger partial charge in [0.05, 0.1) is 12.0 Å². The summed E-state index contributed by atoms with van der Waals surface area (Å²) in [5.74, 6) is 1.28. The number of fused-ring (bicyclic) bond motifs is 2. The zero-order valence-electron chi connectivity index (χ0n) is 7.65. The van der Waals surface area contributed by atoms with Crippen LogP contribution in [0.25, 0.3) is 0 Å². The molecule has 2 N–H and O–H groups in total. The molecule has 0 unspecified atom stereocenters. The summed E-state index contributed by atoms with van der Waals surface area (Å²) >= 11 is 0. The lowest BCUT2D eigenvalue weighted by atomic mass is 10.2. The molecule has 74 valence electrons. The first-order valence-corrected chi connectivity index (χ1v) is 4.46. The molecule has 1 aromatic heterocycles. The number of benzene rings is 1. The van der Waals surface area contributed by atoms with Crippen LogP contribution < -0.4 is 15.6 Å². The topological polar surface area (TPSA) is 67.0 Å². The molecule has 0 bridgehead atoms. The third-order valence-electron chi connectivity index (χ3n) is 2.16. The molecule has 5 heteroatoms. The summed E-state index contributed by atoms with van der Waals surface area (Å²) in [6.07, 6.45) is 1.34. The van der Waals surface area contributed by atoms with E-state index in [2.05, 4.69) is 15.3 Å². The van der Waals surface area contributed by atoms with E-state index in [0.717, 1.165) is 5.69 Å². The first kappa shape index (κ1) is 8.05. The molecule has 0 fully saturated rings. The largest absolute Gasteiger partial charge is 0.445 e. The summed E-state index contributed by atoms with van der Waals surface area (Å²) in [7, 11) is 0. The van der Waals surface area contributed by atoms with Crippen LogP contribution in [0.4, 0.5) is 11.5 Å². The van der Waals surface area contributed by atoms with E-state index < -0.39 is 0 Å². The molecule has 0 saturated heterocycles. The Balaban J connectivity index is 2.19. The predicted molar refractivity (Wildman–Crippen MR) is 54.7 cm³/mol. The second kappa shape index (κ2) is 2.84. The van der Waals surface area contributed by atoms with E-state index in [1.807, 2.05) is 18.2 Å². The Morgan fingerprint density at radius 3 is 3.07 bits per heavy atom. The lowest BCUT2D eigenvalue weighted by Gasteiger charge is -2.18. The molecule has 1 aliphatic rings. The number of hydrogen-bond donors (Lipinski definition) is 2. The minimum atomic E-state index is -0.290. The lowest BCUT2D eigenvalue weighted by Crippen LogP contribution is -2.15. The zero-order valence-corrected chi connectivity index (χ0v) is 7.65. The van der Waals surface area contributed by atoms with Crippen LogP contribution in [0.1, 0.15) is 0 Å². The van der Waals surface area contributed by atoms with Crippen molar-refractivity contribution < 1.29 is 4.74 Å². The highest BCUT2D eigenvalue weighted by Crippen LogP contribution is 2.37. The SMILES string of the molecule is O=c1[nH]cnc2c1Oc1ccccc1N2. The molecule has 0 atom stereocenters. The fourth-order valence-electron chi connectivity index (χ4n) is 1.47. The molecule has 0 radical (unpaired) electrons. The normalized spacial score (nSPS) is 12.0. The predicted octanol–water partition coefficient (Wildman–Crippen LogP) is 1.62. The van der Waals surface area contributed by atoms with Crippen molar-refractivity contribution in [1.82, 2.24) is 9.97 Å². The van der Waals surface area contributed by atoms with Crippen molar-refractivity contribution >= 4 is 11.5 Å². The van der Waals surface area contributed by atoms with Crippen molar-refractivity contribution in [2.24, 2.45) is 0 Å². The van der Waals surface area contributed by atoms with Gasteiger partial charge in [-0.1, -0.05) is 12.1 Å². The highest BCUT2D eigenvalue weighted by Gasteiger charge is 2.19. The molecule has 2 aromatic rings. The Morgan fingerprint density at radius 2 is 2.13 bits per heavy atom. The minimum Gasteiger partial charge on any atom is -0.445 e. The van der Waals surface area contributed by atoms with Gasteiger partial charge in [0.15, 0.2) is 11.6 Å². The smallest absolute Gasteiger partial charge is 0.296 e. The number of aromatic nitrogens is 2. The van der Waals surface area contributed by atoms with Crippen LogP contribution in [-0.2, 0) is 0 Å². The number of ether oxygens (including phenoxy) is 1. The number of nitrogens with zero attached hydrogens (tertiary/aromatic N) is 1. The standard InChI is InChI=1S/C10H7N3O2/c14-10-8-9(11-5-12-10)13-6-3-1-2-4-7(6)15-8/h1-5H,(H2,11,12,13,14). The van der Waals surface area contributed by atoms with E-state index >= 15 is 0 Å². The maximum Gasteiger partial charge on any atom is 0.296 e. The van der Waals surface area contributed by atoms with E-state index in [-0.39, 0.29) is 11.3 Å². The number of anilines is 2. The van der Waals surface area contributed by atoms with Gasteiger partial charge in [0, 0.05) is 0 Å². The van der Waals surface area contributed by atoms with Gasteiger partial charge < -0.3 is 15.0 Å². The highest BCUT2D eigenvalue weighted by atomic mass is 16.5. The Hall–Kier alpha value is -2.30. The molecule has 3 rings (SSSR count). The first-order valence-electron chi connectivity index (χ1n) is 4.46. The molecule has 0 spiro atoms. The van der Waals surface area contributed by atoms with Crippen molar-refractivity contribution in [1.29, 1.82) is 0 Å². The molecule has 5 nitrogen and oxygen atoms in total. The van der Waals surface area contributed by atoms with Crippen molar-refractivity contribution in [3.8, 4) is 11.5 Å². The average Bonchev–Trinajstić information content (AvgIpc) is 2.27. The lowest BCUT2D eigenvalue weighted by molar-refractivity contribution is 0.470. The van der Waals surface area contributed by atoms with Gasteiger partial charge >= 0.3 is 0 Å². The second-order valence-corrected chi connectivity index (χ2v) is 3.13. The number of rotatable bonds is 0. The van der Waals surface area contributed by atoms with Crippen LogP contribution in [0.5, 0.6) is 11.5 Å². The maximum absolute atomic E-state index is 11.4. The second-order valence-electron chi connectivity index (χ2n) is 3.13. The minimum absolute atomic E-state index is 0.205. The van der Waals surface area contributed by atoms with Gasteiger partial charge in [0.2, 0.25) is 5.75 Å². The van der Waals surface area contributed by atoms with Crippen molar-refractivity contribution in [2.45, 2.75) is 0 Å². The number of H-pyrrole nitrogens is 1. The molecular weight excluding hydrogens is 194 g/mol. The molecule has 0 amide bonds. The van der Waals surface area contributed by atoms with Crippen LogP contribution in [0, 0.1) is 0 Å². The van der Waals surface area contributed by atoms with Crippen LogP contribution in [0.2, 0.25) is 0 Å². The van der Waals surface area contributed by atoms with E-state index in [1.165, 1.54) is 6.33 Å². The number of hydrogen-bond acceptors (Lipinski definition) is 4. The Kier molecular flexibility index (Phi) is 1.53. The fraction of sp³-hybridized carbons (Fsp3) is 0. The van der Waals surface area contributed by atoms with Crippen LogP contribution in [0.15, 0.2) is 35.4 Å².